The third-order valence-electron chi connectivity index (χ3n) is 4.60. The van der Waals surface area contributed by atoms with E-state index in [1.54, 1.807) is 0 Å². The van der Waals surface area contributed by atoms with Crippen LogP contribution in [-0.2, 0) is 12.8 Å². The Bertz CT molecular complexity index is 736. The molecule has 0 unspecified atom stereocenters. The second-order valence-corrected chi connectivity index (χ2v) is 6.52. The minimum Gasteiger partial charge on any atom is -0.331 e. The van der Waals surface area contributed by atoms with Crippen molar-refractivity contribution in [3.8, 4) is 0 Å². The van der Waals surface area contributed by atoms with Gasteiger partial charge in [-0.1, -0.05) is 29.8 Å². The van der Waals surface area contributed by atoms with Crippen molar-refractivity contribution in [3.05, 3.63) is 64.2 Å². The van der Waals surface area contributed by atoms with Gasteiger partial charge < -0.3 is 10.6 Å². The molecule has 0 heterocycles. The molecule has 0 radical (unpaired) electrons. The standard InChI is InChI=1S/C20H24N2O/c1-13-7-10-19(14(2)11-13)15(3)21-20(23)22-18-9-8-16-5-4-6-17(16)12-18/h7-12,15H,4-6H2,1-3H3,(H2,21,22,23)/t15-/m1/s1. The Labute approximate surface area is 138 Å². The fourth-order valence-corrected chi connectivity index (χ4v) is 3.40. The van der Waals surface area contributed by atoms with Gasteiger partial charge in [-0.2, -0.15) is 0 Å². The summed E-state index contributed by atoms with van der Waals surface area (Å²) in [6, 6.07) is 12.4. The maximum atomic E-state index is 12.3. The zero-order valence-corrected chi connectivity index (χ0v) is 14.1. The van der Waals surface area contributed by atoms with E-state index in [1.807, 2.05) is 13.0 Å². The van der Waals surface area contributed by atoms with Gasteiger partial charge in [0.15, 0.2) is 0 Å². The number of amides is 2. The number of urea groups is 1. The van der Waals surface area contributed by atoms with Crippen LogP contribution in [0.5, 0.6) is 0 Å². The normalized spacial score (nSPS) is 14.2. The number of fused-ring (bicyclic) bond motifs is 1. The second-order valence-electron chi connectivity index (χ2n) is 6.52. The molecule has 3 rings (SSSR count). The topological polar surface area (TPSA) is 41.1 Å². The van der Waals surface area contributed by atoms with Crippen molar-refractivity contribution >= 4 is 11.7 Å². The summed E-state index contributed by atoms with van der Waals surface area (Å²) >= 11 is 0. The van der Waals surface area contributed by atoms with Gasteiger partial charge in [-0.3, -0.25) is 0 Å². The van der Waals surface area contributed by atoms with E-state index < -0.39 is 0 Å². The molecule has 120 valence electrons. The monoisotopic (exact) mass is 308 g/mol. The highest BCUT2D eigenvalue weighted by Crippen LogP contribution is 2.25. The number of aryl methyl sites for hydroxylation is 4. The number of carbonyl (C=O) groups excluding carboxylic acids is 1. The van der Waals surface area contributed by atoms with Gasteiger partial charge in [0.1, 0.15) is 0 Å². The van der Waals surface area contributed by atoms with Crippen molar-refractivity contribution in [2.75, 3.05) is 5.32 Å². The van der Waals surface area contributed by atoms with Crippen LogP contribution in [0.25, 0.3) is 0 Å². The Morgan fingerprint density at radius 3 is 2.61 bits per heavy atom. The van der Waals surface area contributed by atoms with E-state index in [0.29, 0.717) is 0 Å². The fourth-order valence-electron chi connectivity index (χ4n) is 3.40. The van der Waals surface area contributed by atoms with Gasteiger partial charge in [-0.25, -0.2) is 4.79 Å². The molecule has 3 nitrogen and oxygen atoms in total. The number of nitrogens with one attached hydrogen (secondary N) is 2. The smallest absolute Gasteiger partial charge is 0.319 e. The van der Waals surface area contributed by atoms with Crippen LogP contribution in [0.2, 0.25) is 0 Å². The zero-order valence-electron chi connectivity index (χ0n) is 14.1. The molecule has 0 fully saturated rings. The quantitative estimate of drug-likeness (QED) is 0.849. The molecule has 0 saturated heterocycles. The van der Waals surface area contributed by atoms with Crippen molar-refractivity contribution in [3.63, 3.8) is 0 Å². The van der Waals surface area contributed by atoms with E-state index in [2.05, 4.69) is 54.8 Å². The first-order valence-electron chi connectivity index (χ1n) is 8.29. The van der Waals surface area contributed by atoms with E-state index >= 15 is 0 Å². The van der Waals surface area contributed by atoms with Gasteiger partial charge in [-0.05, 0) is 74.4 Å². The summed E-state index contributed by atoms with van der Waals surface area (Å²) in [6.45, 7) is 6.17. The van der Waals surface area contributed by atoms with Crippen LogP contribution < -0.4 is 10.6 Å². The molecular weight excluding hydrogens is 284 g/mol. The van der Waals surface area contributed by atoms with Crippen molar-refractivity contribution in [1.29, 1.82) is 0 Å². The molecule has 0 aliphatic heterocycles. The van der Waals surface area contributed by atoms with E-state index in [1.165, 1.54) is 28.7 Å². The Hall–Kier alpha value is -2.29. The number of rotatable bonds is 3. The first-order valence-corrected chi connectivity index (χ1v) is 8.29. The van der Waals surface area contributed by atoms with Crippen LogP contribution in [0.1, 0.15) is 47.2 Å². The molecule has 0 saturated carbocycles. The number of carbonyl (C=O) groups is 1. The highest BCUT2D eigenvalue weighted by molar-refractivity contribution is 5.89. The number of anilines is 1. The number of benzene rings is 2. The second kappa shape index (κ2) is 6.45. The molecule has 0 bridgehead atoms. The summed E-state index contributed by atoms with van der Waals surface area (Å²) in [7, 11) is 0. The molecule has 3 heteroatoms. The van der Waals surface area contributed by atoms with E-state index in [-0.39, 0.29) is 12.1 Å². The predicted molar refractivity (Wildman–Crippen MR) is 95.0 cm³/mol. The molecule has 2 N–H and O–H groups in total. The third-order valence-corrected chi connectivity index (χ3v) is 4.60. The predicted octanol–water partition coefficient (Wildman–Crippen LogP) is 4.67. The van der Waals surface area contributed by atoms with Crippen LogP contribution >= 0.6 is 0 Å². The Kier molecular flexibility index (Phi) is 4.37. The fraction of sp³-hybridized carbons (Fsp3) is 0.350. The van der Waals surface area contributed by atoms with Crippen LogP contribution in [0, 0.1) is 13.8 Å². The van der Waals surface area contributed by atoms with E-state index in [0.717, 1.165) is 24.1 Å². The largest absolute Gasteiger partial charge is 0.331 e. The highest BCUT2D eigenvalue weighted by Gasteiger charge is 2.14. The maximum Gasteiger partial charge on any atom is 0.319 e. The van der Waals surface area contributed by atoms with Crippen LogP contribution in [-0.4, -0.2) is 6.03 Å². The molecule has 23 heavy (non-hydrogen) atoms. The summed E-state index contributed by atoms with van der Waals surface area (Å²) in [6.07, 6.45) is 3.49. The first-order chi connectivity index (χ1) is 11.0. The average Bonchev–Trinajstić information content (AvgIpc) is 2.94. The number of hydrogen-bond donors (Lipinski definition) is 2. The minimum absolute atomic E-state index is 0.0231. The van der Waals surface area contributed by atoms with E-state index in [4.69, 9.17) is 0 Å². The van der Waals surface area contributed by atoms with Crippen molar-refractivity contribution in [1.82, 2.24) is 5.32 Å². The maximum absolute atomic E-state index is 12.3. The molecular formula is C20H24N2O. The van der Waals surface area contributed by atoms with Crippen molar-refractivity contribution in [2.45, 2.75) is 46.1 Å². The molecule has 0 spiro atoms. The van der Waals surface area contributed by atoms with Gasteiger partial charge in [-0.15, -0.1) is 0 Å². The van der Waals surface area contributed by atoms with Crippen LogP contribution in [0.3, 0.4) is 0 Å². The Balaban J connectivity index is 1.64. The van der Waals surface area contributed by atoms with Crippen LogP contribution in [0.15, 0.2) is 36.4 Å². The summed E-state index contributed by atoms with van der Waals surface area (Å²) in [5.74, 6) is 0. The average molecular weight is 308 g/mol. The van der Waals surface area contributed by atoms with Crippen molar-refractivity contribution < 1.29 is 4.79 Å². The highest BCUT2D eigenvalue weighted by atomic mass is 16.2. The lowest BCUT2D eigenvalue weighted by atomic mass is 10.0. The van der Waals surface area contributed by atoms with Gasteiger partial charge in [0.2, 0.25) is 0 Å². The minimum atomic E-state index is -0.157. The Morgan fingerprint density at radius 1 is 1.04 bits per heavy atom. The molecule has 1 atom stereocenters. The van der Waals surface area contributed by atoms with Gasteiger partial charge in [0, 0.05) is 5.69 Å². The lowest BCUT2D eigenvalue weighted by Gasteiger charge is -2.18. The SMILES string of the molecule is Cc1ccc([C@@H](C)NC(=O)Nc2ccc3c(c2)CCC3)c(C)c1. The molecule has 2 amide bonds. The van der Waals surface area contributed by atoms with Gasteiger partial charge in [0.25, 0.3) is 0 Å². The number of hydrogen-bond acceptors (Lipinski definition) is 1. The summed E-state index contributed by atoms with van der Waals surface area (Å²) in [5, 5.41) is 5.98. The molecule has 2 aromatic carbocycles. The van der Waals surface area contributed by atoms with Gasteiger partial charge >= 0.3 is 6.03 Å². The molecule has 2 aromatic rings. The zero-order chi connectivity index (χ0) is 16.4. The summed E-state index contributed by atoms with van der Waals surface area (Å²) in [5.41, 5.74) is 7.25. The lowest BCUT2D eigenvalue weighted by molar-refractivity contribution is 0.249. The lowest BCUT2D eigenvalue weighted by Crippen LogP contribution is -2.31. The van der Waals surface area contributed by atoms with Gasteiger partial charge in [0.05, 0.1) is 6.04 Å². The molecule has 1 aliphatic rings. The molecule has 1 aliphatic carbocycles. The summed E-state index contributed by atoms with van der Waals surface area (Å²) < 4.78 is 0. The van der Waals surface area contributed by atoms with E-state index in [9.17, 15) is 4.79 Å². The Morgan fingerprint density at radius 2 is 1.83 bits per heavy atom. The molecule has 0 aromatic heterocycles. The third kappa shape index (κ3) is 3.55. The van der Waals surface area contributed by atoms with Crippen LogP contribution in [0.4, 0.5) is 10.5 Å². The summed E-state index contributed by atoms with van der Waals surface area (Å²) in [4.78, 5) is 12.3. The first kappa shape index (κ1) is 15.6. The van der Waals surface area contributed by atoms with Crippen molar-refractivity contribution in [2.24, 2.45) is 0 Å².